The minimum Gasteiger partial charge on any atom is -0.400 e. The van der Waals surface area contributed by atoms with Crippen molar-refractivity contribution < 1.29 is 9.31 Å². The summed E-state index contributed by atoms with van der Waals surface area (Å²) in [6.07, 6.45) is 3.65. The molecule has 0 atom stereocenters. The number of hydrogen-bond donors (Lipinski definition) is 1. The number of nitrogens with one attached hydrogen (secondary N) is 1. The smallest absolute Gasteiger partial charge is 0.400 e. The third-order valence-electron chi connectivity index (χ3n) is 4.55. The van der Waals surface area contributed by atoms with E-state index in [1.165, 1.54) is 0 Å². The molecule has 0 bridgehead atoms. The molecule has 114 valence electrons. The molecule has 1 saturated heterocycles. The Bertz CT molecular complexity index is 776. The van der Waals surface area contributed by atoms with E-state index in [1.54, 1.807) is 6.20 Å². The number of rotatable bonds is 2. The van der Waals surface area contributed by atoms with Crippen LogP contribution in [0.4, 0.5) is 0 Å². The first-order valence-corrected chi connectivity index (χ1v) is 7.44. The zero-order valence-corrected chi connectivity index (χ0v) is 13.3. The highest BCUT2D eigenvalue weighted by Crippen LogP contribution is 2.37. The van der Waals surface area contributed by atoms with Gasteiger partial charge in [0.05, 0.1) is 11.2 Å². The van der Waals surface area contributed by atoms with Crippen molar-refractivity contribution in [3.05, 3.63) is 52.4 Å². The van der Waals surface area contributed by atoms with Gasteiger partial charge in [0.2, 0.25) is 0 Å². The summed E-state index contributed by atoms with van der Waals surface area (Å²) in [5.74, 6) is 1.89. The maximum Gasteiger partial charge on any atom is 0.487 e. The summed E-state index contributed by atoms with van der Waals surface area (Å²) < 4.78 is 11.9. The molecular weight excluding hydrogens is 277 g/mol. The predicted molar refractivity (Wildman–Crippen MR) is 89.7 cm³/mol. The molecule has 1 N–H and O–H groups in total. The quantitative estimate of drug-likeness (QED) is 0.866. The lowest BCUT2D eigenvalue weighted by Crippen LogP contribution is -2.41. The largest absolute Gasteiger partial charge is 0.487 e. The number of pyridine rings is 1. The van der Waals surface area contributed by atoms with Crippen LogP contribution in [0, 0.1) is 0 Å². The molecule has 0 aliphatic carbocycles. The number of aromatic nitrogens is 1. The molecule has 1 aromatic heterocycles. The minimum atomic E-state index is -0.393. The lowest BCUT2D eigenvalue weighted by atomic mass is 9.89. The fraction of sp³-hybridized carbons (Fsp3) is 0.353. The van der Waals surface area contributed by atoms with E-state index in [0.29, 0.717) is 5.39 Å². The molecule has 1 aliphatic rings. The standard InChI is InChI=1S/C17H20BNO3/c1-16(2)17(3,4)22-18(21-16)10-9-12-11-19-15(20)14-8-6-5-7-13(12)14/h5-11H,1-4H3,(H,19,20)/b10-9+. The van der Waals surface area contributed by atoms with Crippen LogP contribution in [0.25, 0.3) is 16.8 Å². The molecule has 1 fully saturated rings. The van der Waals surface area contributed by atoms with Gasteiger partial charge in [0, 0.05) is 11.6 Å². The molecule has 2 heterocycles. The van der Waals surface area contributed by atoms with E-state index in [1.807, 2.05) is 64.0 Å². The molecule has 0 amide bonds. The van der Waals surface area contributed by atoms with Gasteiger partial charge in [-0.1, -0.05) is 30.3 Å². The number of fused-ring (bicyclic) bond motifs is 1. The first-order chi connectivity index (χ1) is 10.3. The van der Waals surface area contributed by atoms with Crippen molar-refractivity contribution in [3.63, 3.8) is 0 Å². The SMILES string of the molecule is CC1(C)OB(/C=C/c2c[nH]c(=O)c3ccccc23)OC1(C)C. The van der Waals surface area contributed by atoms with Gasteiger partial charge in [0.1, 0.15) is 0 Å². The Balaban J connectivity index is 1.92. The maximum atomic E-state index is 11.8. The molecule has 0 radical (unpaired) electrons. The molecule has 4 nitrogen and oxygen atoms in total. The van der Waals surface area contributed by atoms with E-state index in [9.17, 15) is 4.79 Å². The molecule has 5 heteroatoms. The average Bonchev–Trinajstić information content (AvgIpc) is 2.66. The molecule has 0 unspecified atom stereocenters. The van der Waals surface area contributed by atoms with Crippen molar-refractivity contribution >= 4 is 24.0 Å². The van der Waals surface area contributed by atoms with Crippen LogP contribution in [0.5, 0.6) is 0 Å². The van der Waals surface area contributed by atoms with Crippen LogP contribution in [-0.4, -0.2) is 23.3 Å². The fourth-order valence-electron chi connectivity index (χ4n) is 2.52. The summed E-state index contributed by atoms with van der Waals surface area (Å²) in [4.78, 5) is 14.6. The normalized spacial score (nSPS) is 20.1. The van der Waals surface area contributed by atoms with Gasteiger partial charge >= 0.3 is 7.12 Å². The summed E-state index contributed by atoms with van der Waals surface area (Å²) in [5.41, 5.74) is 0.151. The molecule has 2 aromatic rings. The Morgan fingerprint density at radius 2 is 1.64 bits per heavy atom. The van der Waals surface area contributed by atoms with E-state index in [4.69, 9.17) is 9.31 Å². The van der Waals surface area contributed by atoms with Gasteiger partial charge in [0.15, 0.2) is 0 Å². The molecule has 0 saturated carbocycles. The van der Waals surface area contributed by atoms with Gasteiger partial charge in [-0.3, -0.25) is 4.79 Å². The Labute approximate surface area is 130 Å². The van der Waals surface area contributed by atoms with Crippen LogP contribution in [-0.2, 0) is 9.31 Å². The summed E-state index contributed by atoms with van der Waals surface area (Å²) in [6.45, 7) is 8.10. The Kier molecular flexibility index (Phi) is 3.50. The second-order valence-electron chi connectivity index (χ2n) is 6.60. The zero-order chi connectivity index (χ0) is 16.0. The van der Waals surface area contributed by atoms with Gasteiger partial charge < -0.3 is 14.3 Å². The molecule has 22 heavy (non-hydrogen) atoms. The van der Waals surface area contributed by atoms with Crippen LogP contribution in [0.15, 0.2) is 41.2 Å². The van der Waals surface area contributed by atoms with Gasteiger partial charge in [-0.2, -0.15) is 0 Å². The Hall–Kier alpha value is -1.85. The monoisotopic (exact) mass is 297 g/mol. The number of benzene rings is 1. The fourth-order valence-corrected chi connectivity index (χ4v) is 2.52. The van der Waals surface area contributed by atoms with Crippen molar-refractivity contribution in [3.8, 4) is 0 Å². The van der Waals surface area contributed by atoms with Crippen LogP contribution in [0.3, 0.4) is 0 Å². The van der Waals surface area contributed by atoms with E-state index < -0.39 is 7.12 Å². The Morgan fingerprint density at radius 1 is 1.05 bits per heavy atom. The van der Waals surface area contributed by atoms with Gasteiger partial charge in [-0.25, -0.2) is 0 Å². The van der Waals surface area contributed by atoms with E-state index in [0.717, 1.165) is 10.9 Å². The highest BCUT2D eigenvalue weighted by Gasteiger charge is 2.49. The predicted octanol–water partition coefficient (Wildman–Crippen LogP) is 3.17. The number of hydrogen-bond acceptors (Lipinski definition) is 3. The third kappa shape index (κ3) is 2.51. The van der Waals surface area contributed by atoms with Crippen molar-refractivity contribution in [2.75, 3.05) is 0 Å². The van der Waals surface area contributed by atoms with Crippen molar-refractivity contribution in [1.29, 1.82) is 0 Å². The molecule has 1 aromatic carbocycles. The first-order valence-electron chi connectivity index (χ1n) is 7.44. The van der Waals surface area contributed by atoms with Gasteiger partial charge in [0.25, 0.3) is 5.56 Å². The summed E-state index contributed by atoms with van der Waals surface area (Å²) in [6, 6.07) is 7.54. The second kappa shape index (κ2) is 5.11. The van der Waals surface area contributed by atoms with Crippen LogP contribution < -0.4 is 5.56 Å². The Morgan fingerprint density at radius 3 is 2.27 bits per heavy atom. The third-order valence-corrected chi connectivity index (χ3v) is 4.55. The van der Waals surface area contributed by atoms with Gasteiger partial charge in [-0.15, -0.1) is 0 Å². The minimum absolute atomic E-state index is 0.0802. The lowest BCUT2D eigenvalue weighted by Gasteiger charge is -2.32. The van der Waals surface area contributed by atoms with E-state index >= 15 is 0 Å². The zero-order valence-electron chi connectivity index (χ0n) is 13.3. The van der Waals surface area contributed by atoms with Crippen molar-refractivity contribution in [2.45, 2.75) is 38.9 Å². The summed E-state index contributed by atoms with van der Waals surface area (Å²) in [7, 11) is -0.393. The van der Waals surface area contributed by atoms with Crippen LogP contribution in [0.2, 0.25) is 0 Å². The average molecular weight is 297 g/mol. The van der Waals surface area contributed by atoms with E-state index in [-0.39, 0.29) is 16.8 Å². The number of H-pyrrole nitrogens is 1. The maximum absolute atomic E-state index is 11.8. The van der Waals surface area contributed by atoms with E-state index in [2.05, 4.69) is 4.98 Å². The first kappa shape index (κ1) is 15.1. The molecule has 1 aliphatic heterocycles. The molecule has 3 rings (SSSR count). The second-order valence-corrected chi connectivity index (χ2v) is 6.60. The highest BCUT2D eigenvalue weighted by molar-refractivity contribution is 6.52. The van der Waals surface area contributed by atoms with Gasteiger partial charge in [-0.05, 0) is 44.7 Å². The summed E-state index contributed by atoms with van der Waals surface area (Å²) in [5, 5.41) is 1.59. The molecule has 0 spiro atoms. The lowest BCUT2D eigenvalue weighted by molar-refractivity contribution is 0.00578. The topological polar surface area (TPSA) is 51.3 Å². The summed E-state index contributed by atoms with van der Waals surface area (Å²) >= 11 is 0. The van der Waals surface area contributed by atoms with Crippen molar-refractivity contribution in [2.24, 2.45) is 0 Å². The highest BCUT2D eigenvalue weighted by atomic mass is 16.7. The number of aromatic amines is 1. The van der Waals surface area contributed by atoms with Crippen molar-refractivity contribution in [1.82, 2.24) is 4.98 Å². The van der Waals surface area contributed by atoms with Crippen LogP contribution in [0.1, 0.15) is 33.3 Å². The van der Waals surface area contributed by atoms with Crippen LogP contribution >= 0.6 is 0 Å². The molecular formula is C17H20BNO3.